The van der Waals surface area contributed by atoms with Gasteiger partial charge in [0.2, 0.25) is 0 Å². The van der Waals surface area contributed by atoms with Crippen LogP contribution in [0.15, 0.2) is 10.2 Å². The number of rotatable bonds is 1. The van der Waals surface area contributed by atoms with Crippen LogP contribution in [0.5, 0.6) is 0 Å². The van der Waals surface area contributed by atoms with Gasteiger partial charge in [-0.15, -0.1) is 11.5 Å². The summed E-state index contributed by atoms with van der Waals surface area (Å²) in [5.41, 5.74) is 1.09. The molecule has 1 rings (SSSR count). The zero-order valence-electron chi connectivity index (χ0n) is 5.37. The Balaban J connectivity index is 2.76. The second-order valence-electron chi connectivity index (χ2n) is 1.90. The molecule has 10 heavy (non-hydrogen) atoms. The Morgan fingerprint density at radius 1 is 1.50 bits per heavy atom. The van der Waals surface area contributed by atoms with Crippen molar-refractivity contribution in [1.29, 1.82) is 0 Å². The van der Waals surface area contributed by atoms with Crippen LogP contribution >= 0.6 is 0 Å². The molecule has 1 aliphatic rings. The van der Waals surface area contributed by atoms with E-state index in [0.717, 1.165) is 0 Å². The van der Waals surface area contributed by atoms with Crippen LogP contribution in [-0.4, -0.2) is 17.7 Å². The number of hydrogen-bond donors (Lipinski definition) is 0. The third kappa shape index (κ3) is 1.29. The Bertz CT molecular complexity index is 245. The van der Waals surface area contributed by atoms with Crippen molar-refractivity contribution in [2.24, 2.45) is 10.2 Å². The summed E-state index contributed by atoms with van der Waals surface area (Å²) in [5.74, 6) is 2.38. The highest BCUT2D eigenvalue weighted by Gasteiger charge is 2.05. The van der Waals surface area contributed by atoms with E-state index >= 15 is 0 Å². The first-order chi connectivity index (χ1) is 4.86. The standard InChI is InChI=1S/C7H6N2O/c1-2-6-3-4-7(5-10)9-8-6/h1,5H,3-4H2. The van der Waals surface area contributed by atoms with Crippen molar-refractivity contribution in [3.63, 3.8) is 0 Å². The van der Waals surface area contributed by atoms with E-state index in [2.05, 4.69) is 16.1 Å². The largest absolute Gasteiger partial charge is 0.296 e. The maximum atomic E-state index is 10.1. The van der Waals surface area contributed by atoms with E-state index in [9.17, 15) is 4.79 Å². The van der Waals surface area contributed by atoms with E-state index in [1.807, 2.05) is 0 Å². The van der Waals surface area contributed by atoms with Crippen molar-refractivity contribution in [2.45, 2.75) is 12.8 Å². The fourth-order valence-corrected chi connectivity index (χ4v) is 0.655. The van der Waals surface area contributed by atoms with E-state index in [-0.39, 0.29) is 0 Å². The second kappa shape index (κ2) is 2.92. The topological polar surface area (TPSA) is 41.8 Å². The van der Waals surface area contributed by atoms with E-state index < -0.39 is 0 Å². The van der Waals surface area contributed by atoms with Gasteiger partial charge in [-0.2, -0.15) is 5.10 Å². The molecule has 0 N–H and O–H groups in total. The highest BCUT2D eigenvalue weighted by molar-refractivity contribution is 6.29. The van der Waals surface area contributed by atoms with Gasteiger partial charge in [0.25, 0.3) is 0 Å². The van der Waals surface area contributed by atoms with Gasteiger partial charge >= 0.3 is 0 Å². The molecule has 0 bridgehead atoms. The molecule has 0 aromatic rings. The number of nitrogens with zero attached hydrogens (tertiary/aromatic N) is 2. The highest BCUT2D eigenvalue weighted by atomic mass is 16.1. The first-order valence-electron chi connectivity index (χ1n) is 2.92. The Morgan fingerprint density at radius 3 is 2.70 bits per heavy atom. The van der Waals surface area contributed by atoms with Crippen LogP contribution in [0.3, 0.4) is 0 Å². The maximum Gasteiger partial charge on any atom is 0.166 e. The summed E-state index contributed by atoms with van der Waals surface area (Å²) in [5, 5.41) is 7.23. The molecule has 0 saturated carbocycles. The molecular formula is C7H6N2O. The first-order valence-corrected chi connectivity index (χ1v) is 2.92. The summed E-state index contributed by atoms with van der Waals surface area (Å²) in [6.07, 6.45) is 7.04. The lowest BCUT2D eigenvalue weighted by molar-refractivity contribution is -0.102. The first kappa shape index (κ1) is 6.69. The lowest BCUT2D eigenvalue weighted by Crippen LogP contribution is -2.08. The molecule has 0 aromatic heterocycles. The Labute approximate surface area is 58.8 Å². The van der Waals surface area contributed by atoms with E-state index in [0.29, 0.717) is 30.6 Å². The minimum absolute atomic E-state index is 0.471. The van der Waals surface area contributed by atoms with Crippen LogP contribution in [-0.2, 0) is 4.79 Å². The molecule has 0 saturated heterocycles. The monoisotopic (exact) mass is 134 g/mol. The lowest BCUT2D eigenvalue weighted by atomic mass is 10.1. The summed E-state index contributed by atoms with van der Waals surface area (Å²) in [7, 11) is 0. The third-order valence-electron chi connectivity index (χ3n) is 1.22. The van der Waals surface area contributed by atoms with Crippen molar-refractivity contribution in [2.75, 3.05) is 0 Å². The van der Waals surface area contributed by atoms with Crippen LogP contribution in [0.4, 0.5) is 0 Å². The molecule has 0 amide bonds. The summed E-state index contributed by atoms with van der Waals surface area (Å²) >= 11 is 0. The molecule has 1 aliphatic heterocycles. The van der Waals surface area contributed by atoms with Crippen LogP contribution in [0.2, 0.25) is 0 Å². The summed E-state index contributed by atoms with van der Waals surface area (Å²) in [6, 6.07) is 0. The van der Waals surface area contributed by atoms with E-state index in [1.165, 1.54) is 0 Å². The zero-order chi connectivity index (χ0) is 7.40. The van der Waals surface area contributed by atoms with Crippen molar-refractivity contribution in [1.82, 2.24) is 0 Å². The van der Waals surface area contributed by atoms with Gasteiger partial charge in [-0.25, -0.2) is 0 Å². The number of aldehydes is 1. The number of carbonyl (C=O) groups excluding carboxylic acids is 1. The minimum Gasteiger partial charge on any atom is -0.296 e. The fraction of sp³-hybridized carbons (Fsp3) is 0.286. The number of hydrogen-bond acceptors (Lipinski definition) is 3. The molecule has 0 spiro atoms. The Kier molecular flexibility index (Phi) is 1.96. The summed E-state index contributed by atoms with van der Waals surface area (Å²) < 4.78 is 0. The Morgan fingerprint density at radius 2 is 2.30 bits per heavy atom. The molecule has 50 valence electrons. The molecule has 1 heterocycles. The van der Waals surface area contributed by atoms with Gasteiger partial charge < -0.3 is 0 Å². The van der Waals surface area contributed by atoms with Crippen molar-refractivity contribution in [3.05, 3.63) is 0 Å². The molecule has 0 radical (unpaired) electrons. The summed E-state index contributed by atoms with van der Waals surface area (Å²) in [4.78, 5) is 10.1. The van der Waals surface area contributed by atoms with Crippen molar-refractivity contribution in [3.8, 4) is 12.3 Å². The maximum absolute atomic E-state index is 10.1. The van der Waals surface area contributed by atoms with Gasteiger partial charge in [-0.1, -0.05) is 5.92 Å². The van der Waals surface area contributed by atoms with Gasteiger partial charge in [0.15, 0.2) is 6.29 Å². The molecule has 0 aromatic carbocycles. The van der Waals surface area contributed by atoms with Gasteiger partial charge in [-0.3, -0.25) is 4.79 Å². The second-order valence-corrected chi connectivity index (χ2v) is 1.90. The average molecular weight is 134 g/mol. The molecule has 0 fully saturated rings. The average Bonchev–Trinajstić information content (AvgIpc) is 2.05. The van der Waals surface area contributed by atoms with Crippen LogP contribution in [0.1, 0.15) is 12.8 Å². The minimum atomic E-state index is 0.471. The molecule has 0 aliphatic carbocycles. The van der Waals surface area contributed by atoms with E-state index in [1.54, 1.807) is 0 Å². The van der Waals surface area contributed by atoms with Gasteiger partial charge in [0, 0.05) is 12.8 Å². The molecule has 3 nitrogen and oxygen atoms in total. The predicted octanol–water partition coefficient (Wildman–Crippen LogP) is 0.409. The van der Waals surface area contributed by atoms with Gasteiger partial charge in [-0.05, 0) is 0 Å². The van der Waals surface area contributed by atoms with Gasteiger partial charge in [0.1, 0.15) is 11.4 Å². The van der Waals surface area contributed by atoms with Crippen LogP contribution < -0.4 is 0 Å². The smallest absolute Gasteiger partial charge is 0.166 e. The van der Waals surface area contributed by atoms with Crippen molar-refractivity contribution >= 4 is 17.7 Å². The zero-order valence-corrected chi connectivity index (χ0v) is 5.37. The lowest BCUT2D eigenvalue weighted by Gasteiger charge is -2.01. The van der Waals surface area contributed by atoms with Gasteiger partial charge in [0.05, 0.1) is 0 Å². The molecule has 0 atom stereocenters. The molecular weight excluding hydrogens is 128 g/mol. The SMILES string of the molecule is C#CC1=NN=C(C=O)CC1. The number of carbonyl (C=O) groups is 1. The Hall–Kier alpha value is -1.43. The highest BCUT2D eigenvalue weighted by Crippen LogP contribution is 2.01. The normalized spacial score (nSPS) is 16.7. The van der Waals surface area contributed by atoms with E-state index in [4.69, 9.17) is 6.42 Å². The van der Waals surface area contributed by atoms with Crippen LogP contribution in [0.25, 0.3) is 0 Å². The molecule has 3 heteroatoms. The van der Waals surface area contributed by atoms with Crippen molar-refractivity contribution < 1.29 is 4.79 Å². The quantitative estimate of drug-likeness (QED) is 0.378. The predicted molar refractivity (Wildman–Crippen MR) is 39.0 cm³/mol. The molecule has 0 unspecified atom stereocenters. The number of terminal acetylenes is 1. The van der Waals surface area contributed by atoms with Crippen LogP contribution in [0, 0.1) is 12.3 Å². The summed E-state index contributed by atoms with van der Waals surface area (Å²) in [6.45, 7) is 0. The third-order valence-corrected chi connectivity index (χ3v) is 1.22. The fourth-order valence-electron chi connectivity index (χ4n) is 0.655.